The Kier molecular flexibility index (Phi) is 5.01. The quantitative estimate of drug-likeness (QED) is 0.829. The van der Waals surface area contributed by atoms with E-state index >= 15 is 0 Å². The number of carbonyl (C=O) groups excluding carboxylic acids is 1. The Labute approximate surface area is 108 Å². The summed E-state index contributed by atoms with van der Waals surface area (Å²) in [6.45, 7) is 1.83. The third kappa shape index (κ3) is 3.34. The van der Waals surface area contributed by atoms with E-state index < -0.39 is 18.3 Å². The Morgan fingerprint density at radius 2 is 2.19 bits per heavy atom. The van der Waals surface area contributed by atoms with Gasteiger partial charge >= 0.3 is 6.09 Å². The monoisotopic (exact) mass is 335 g/mol. The first kappa shape index (κ1) is 13.2. The predicted molar refractivity (Wildman–Crippen MR) is 68.9 cm³/mol. The van der Waals surface area contributed by atoms with Crippen molar-refractivity contribution in [3.05, 3.63) is 33.4 Å². The van der Waals surface area contributed by atoms with Crippen LogP contribution in [0.25, 0.3) is 0 Å². The van der Waals surface area contributed by atoms with Gasteiger partial charge in [0, 0.05) is 3.57 Å². The van der Waals surface area contributed by atoms with Crippen molar-refractivity contribution in [3.8, 4) is 0 Å². The molecule has 0 saturated heterocycles. The van der Waals surface area contributed by atoms with Crippen molar-refractivity contribution in [2.75, 3.05) is 0 Å². The van der Waals surface area contributed by atoms with E-state index in [1.807, 2.05) is 25.1 Å². The lowest BCUT2D eigenvalue weighted by molar-refractivity contribution is 0.00297. The average molecular weight is 335 g/mol. The zero-order valence-corrected chi connectivity index (χ0v) is 11.0. The van der Waals surface area contributed by atoms with Crippen LogP contribution in [0, 0.1) is 3.57 Å². The van der Waals surface area contributed by atoms with Crippen LogP contribution < -0.4 is 5.73 Å². The van der Waals surface area contributed by atoms with E-state index in [-0.39, 0.29) is 0 Å². The normalized spacial score (nSPS) is 14.2. The molecule has 88 valence electrons. The molecule has 0 radical (unpaired) electrons. The molecule has 1 rings (SSSR count). The number of halogens is 1. The third-order valence-electron chi connectivity index (χ3n) is 2.25. The van der Waals surface area contributed by atoms with Crippen molar-refractivity contribution >= 4 is 28.7 Å². The smallest absolute Gasteiger partial charge is 0.404 e. The summed E-state index contributed by atoms with van der Waals surface area (Å²) in [4.78, 5) is 10.7. The lowest BCUT2D eigenvalue weighted by atomic mass is 10.0. The number of benzene rings is 1. The van der Waals surface area contributed by atoms with Crippen molar-refractivity contribution in [2.45, 2.75) is 25.6 Å². The molecule has 1 aromatic rings. The van der Waals surface area contributed by atoms with Gasteiger partial charge in [-0.2, -0.15) is 0 Å². The Morgan fingerprint density at radius 1 is 1.56 bits per heavy atom. The van der Waals surface area contributed by atoms with Crippen molar-refractivity contribution < 1.29 is 14.6 Å². The minimum absolute atomic E-state index is 0.509. The molecular formula is C11H14INO3. The molecule has 0 fully saturated rings. The number of carbonyl (C=O) groups is 1. The van der Waals surface area contributed by atoms with Gasteiger partial charge in [0.1, 0.15) is 12.2 Å². The molecule has 2 atom stereocenters. The fraction of sp³-hybridized carbons (Fsp3) is 0.364. The number of aliphatic hydroxyl groups is 1. The van der Waals surface area contributed by atoms with Crippen LogP contribution in [0.2, 0.25) is 0 Å². The molecule has 4 nitrogen and oxygen atoms in total. The highest BCUT2D eigenvalue weighted by Crippen LogP contribution is 2.25. The molecule has 0 spiro atoms. The first-order chi connectivity index (χ1) is 7.56. The number of hydrogen-bond donors (Lipinski definition) is 2. The van der Waals surface area contributed by atoms with Crippen LogP contribution in [0.15, 0.2) is 24.3 Å². The molecule has 0 heterocycles. The summed E-state index contributed by atoms with van der Waals surface area (Å²) in [5, 5.41) is 10.1. The minimum atomic E-state index is -0.864. The molecule has 16 heavy (non-hydrogen) atoms. The second-order valence-electron chi connectivity index (χ2n) is 3.35. The fourth-order valence-electron chi connectivity index (χ4n) is 1.44. The van der Waals surface area contributed by atoms with Gasteiger partial charge in [0.25, 0.3) is 0 Å². The minimum Gasteiger partial charge on any atom is -0.443 e. The van der Waals surface area contributed by atoms with E-state index in [0.29, 0.717) is 6.42 Å². The zero-order chi connectivity index (χ0) is 12.1. The third-order valence-corrected chi connectivity index (χ3v) is 3.23. The first-order valence-corrected chi connectivity index (χ1v) is 6.02. The molecule has 0 aliphatic carbocycles. The highest BCUT2D eigenvalue weighted by atomic mass is 127. The second-order valence-corrected chi connectivity index (χ2v) is 4.51. The number of amides is 1. The molecule has 1 amide bonds. The maximum atomic E-state index is 10.7. The summed E-state index contributed by atoms with van der Waals surface area (Å²) >= 11 is 2.13. The van der Waals surface area contributed by atoms with E-state index in [1.54, 1.807) is 6.07 Å². The van der Waals surface area contributed by atoms with E-state index in [4.69, 9.17) is 10.5 Å². The molecule has 0 bridgehead atoms. The summed E-state index contributed by atoms with van der Waals surface area (Å²) in [5.41, 5.74) is 5.70. The predicted octanol–water partition coefficient (Wildman–Crippen LogP) is 2.20. The number of primary amides is 1. The second kappa shape index (κ2) is 6.05. The SMILES string of the molecule is CC[C@H](OC(N)=O)[C@@H](O)c1ccccc1I. The van der Waals surface area contributed by atoms with E-state index in [9.17, 15) is 9.90 Å². The number of rotatable bonds is 4. The van der Waals surface area contributed by atoms with Crippen LogP contribution in [0.4, 0.5) is 4.79 Å². The van der Waals surface area contributed by atoms with Gasteiger partial charge in [-0.1, -0.05) is 25.1 Å². The maximum absolute atomic E-state index is 10.7. The van der Waals surface area contributed by atoms with Gasteiger partial charge in [0.05, 0.1) is 0 Å². The van der Waals surface area contributed by atoms with Gasteiger partial charge in [-0.15, -0.1) is 0 Å². The topological polar surface area (TPSA) is 72.5 Å². The van der Waals surface area contributed by atoms with Crippen LogP contribution in [0.3, 0.4) is 0 Å². The number of nitrogens with two attached hydrogens (primary N) is 1. The van der Waals surface area contributed by atoms with E-state index in [1.165, 1.54) is 0 Å². The zero-order valence-electron chi connectivity index (χ0n) is 8.89. The molecule has 0 unspecified atom stereocenters. The molecule has 3 N–H and O–H groups in total. The largest absolute Gasteiger partial charge is 0.443 e. The Hall–Kier alpha value is -0.820. The fourth-order valence-corrected chi connectivity index (χ4v) is 2.14. The van der Waals surface area contributed by atoms with Gasteiger partial charge in [-0.3, -0.25) is 0 Å². The maximum Gasteiger partial charge on any atom is 0.404 e. The lowest BCUT2D eigenvalue weighted by Gasteiger charge is -2.22. The van der Waals surface area contributed by atoms with Gasteiger partial charge in [0.2, 0.25) is 0 Å². The lowest BCUT2D eigenvalue weighted by Crippen LogP contribution is -2.28. The Morgan fingerprint density at radius 3 is 2.69 bits per heavy atom. The summed E-state index contributed by atoms with van der Waals surface area (Å²) in [7, 11) is 0. The van der Waals surface area contributed by atoms with Crippen LogP contribution in [-0.4, -0.2) is 17.3 Å². The standard InChI is InChI=1S/C11H14INO3/c1-2-9(16-11(13)15)10(14)7-5-3-4-6-8(7)12/h3-6,9-10,14H,2H2,1H3,(H2,13,15)/t9-,10-/m0/s1. The molecule has 1 aromatic carbocycles. The van der Waals surface area contributed by atoms with Crippen LogP contribution >= 0.6 is 22.6 Å². The molecule has 5 heteroatoms. The van der Waals surface area contributed by atoms with Crippen molar-refractivity contribution in [1.82, 2.24) is 0 Å². The van der Waals surface area contributed by atoms with E-state index in [0.717, 1.165) is 9.13 Å². The number of ether oxygens (including phenoxy) is 1. The summed E-state index contributed by atoms with van der Waals surface area (Å²) < 4.78 is 5.79. The van der Waals surface area contributed by atoms with Gasteiger partial charge < -0.3 is 15.6 Å². The Bertz CT molecular complexity index is 370. The van der Waals surface area contributed by atoms with Crippen LogP contribution in [-0.2, 0) is 4.74 Å². The van der Waals surface area contributed by atoms with Crippen LogP contribution in [0.1, 0.15) is 25.0 Å². The summed E-state index contributed by atoms with van der Waals surface area (Å²) in [5.74, 6) is 0. The highest BCUT2D eigenvalue weighted by Gasteiger charge is 2.23. The summed E-state index contributed by atoms with van der Waals surface area (Å²) in [6, 6.07) is 7.40. The van der Waals surface area contributed by atoms with Crippen molar-refractivity contribution in [3.63, 3.8) is 0 Å². The van der Waals surface area contributed by atoms with Gasteiger partial charge in [-0.25, -0.2) is 4.79 Å². The molecular weight excluding hydrogens is 321 g/mol. The molecule has 0 aliphatic heterocycles. The number of aliphatic hydroxyl groups excluding tert-OH is 1. The van der Waals surface area contributed by atoms with Gasteiger partial charge in [-0.05, 0) is 40.6 Å². The first-order valence-electron chi connectivity index (χ1n) is 4.94. The Balaban J connectivity index is 2.86. The highest BCUT2D eigenvalue weighted by molar-refractivity contribution is 14.1. The van der Waals surface area contributed by atoms with Crippen LogP contribution in [0.5, 0.6) is 0 Å². The van der Waals surface area contributed by atoms with Crippen molar-refractivity contribution in [2.24, 2.45) is 5.73 Å². The molecule has 0 saturated carbocycles. The molecule has 0 aromatic heterocycles. The van der Waals surface area contributed by atoms with Gasteiger partial charge in [0.15, 0.2) is 0 Å². The molecule has 0 aliphatic rings. The summed E-state index contributed by atoms with van der Waals surface area (Å²) in [6.07, 6.45) is -1.80. The average Bonchev–Trinajstić information content (AvgIpc) is 2.25. The van der Waals surface area contributed by atoms with E-state index in [2.05, 4.69) is 22.6 Å². The van der Waals surface area contributed by atoms with Crippen molar-refractivity contribution in [1.29, 1.82) is 0 Å². The number of hydrogen-bond acceptors (Lipinski definition) is 3.